The van der Waals surface area contributed by atoms with Gasteiger partial charge in [0.25, 0.3) is 0 Å². The third-order valence-electron chi connectivity index (χ3n) is 9.33. The monoisotopic (exact) mass is 653 g/mol. The lowest BCUT2D eigenvalue weighted by atomic mass is 9.73. The highest BCUT2D eigenvalue weighted by Crippen LogP contribution is 2.37. The van der Waals surface area contributed by atoms with Gasteiger partial charge in [-0.25, -0.2) is 9.97 Å². The minimum absolute atomic E-state index is 0.108. The average molecular weight is 654 g/mol. The predicted molar refractivity (Wildman–Crippen MR) is 191 cm³/mol. The summed E-state index contributed by atoms with van der Waals surface area (Å²) >= 11 is 0. The second-order valence-electron chi connectivity index (χ2n) is 13.4. The molecule has 11 heteroatoms. The lowest BCUT2D eigenvalue weighted by molar-refractivity contribution is -0.144. The number of amides is 2. The van der Waals surface area contributed by atoms with Gasteiger partial charge in [0.15, 0.2) is 0 Å². The summed E-state index contributed by atoms with van der Waals surface area (Å²) in [6.07, 6.45) is 2.72. The van der Waals surface area contributed by atoms with E-state index < -0.39 is 23.4 Å². The first-order valence-corrected chi connectivity index (χ1v) is 16.3. The van der Waals surface area contributed by atoms with Crippen LogP contribution in [0.1, 0.15) is 40.5 Å². The van der Waals surface area contributed by atoms with Crippen molar-refractivity contribution in [2.24, 2.45) is 17.1 Å². The summed E-state index contributed by atoms with van der Waals surface area (Å²) in [7, 11) is 5.14. The van der Waals surface area contributed by atoms with Crippen LogP contribution in [0.15, 0.2) is 73.1 Å². The summed E-state index contributed by atoms with van der Waals surface area (Å²) in [5, 5.41) is 7.06. The van der Waals surface area contributed by atoms with E-state index in [1.54, 1.807) is 31.3 Å². The molecular formula is C37H47N7O4. The van der Waals surface area contributed by atoms with Crippen LogP contribution in [0, 0.1) is 11.3 Å². The van der Waals surface area contributed by atoms with Gasteiger partial charge in [0.1, 0.15) is 29.7 Å². The molecule has 3 aromatic carbocycles. The van der Waals surface area contributed by atoms with E-state index in [2.05, 4.69) is 25.5 Å². The van der Waals surface area contributed by atoms with Crippen molar-refractivity contribution in [3.05, 3.63) is 73.1 Å². The van der Waals surface area contributed by atoms with Crippen LogP contribution in [0.4, 0.5) is 22.9 Å². The molecule has 0 aliphatic carbocycles. The number of carbonyl (C=O) groups is 2. The third kappa shape index (κ3) is 7.16. The third-order valence-corrected chi connectivity index (χ3v) is 9.33. The van der Waals surface area contributed by atoms with Gasteiger partial charge in [-0.2, -0.15) is 0 Å². The maximum absolute atomic E-state index is 14.4. The molecule has 0 spiro atoms. The minimum Gasteiger partial charge on any atom is -0.495 e. The number of rotatable bonds is 11. The first-order valence-electron chi connectivity index (χ1n) is 16.3. The molecule has 1 aliphatic rings. The van der Waals surface area contributed by atoms with Gasteiger partial charge < -0.3 is 35.6 Å². The van der Waals surface area contributed by atoms with Crippen LogP contribution >= 0.6 is 0 Å². The molecule has 4 aromatic rings. The van der Waals surface area contributed by atoms with Gasteiger partial charge >= 0.3 is 0 Å². The molecule has 5 rings (SSSR count). The Morgan fingerprint density at radius 1 is 0.979 bits per heavy atom. The van der Waals surface area contributed by atoms with Crippen molar-refractivity contribution in [1.29, 1.82) is 0 Å². The summed E-state index contributed by atoms with van der Waals surface area (Å²) in [6, 6.07) is 19.8. The fourth-order valence-corrected chi connectivity index (χ4v) is 6.57. The van der Waals surface area contributed by atoms with Crippen molar-refractivity contribution < 1.29 is 19.1 Å². The predicted octanol–water partition coefficient (Wildman–Crippen LogP) is 5.83. The van der Waals surface area contributed by atoms with Crippen molar-refractivity contribution in [2.45, 2.75) is 58.7 Å². The maximum Gasteiger partial charge on any atom is 0.247 e. The van der Waals surface area contributed by atoms with Crippen LogP contribution in [0.25, 0.3) is 10.9 Å². The number of likely N-dealkylation sites (N-methyl/N-ethyl adjacent to an activating group) is 1. The normalized spacial score (nSPS) is 16.6. The van der Waals surface area contributed by atoms with Crippen LogP contribution in [0.2, 0.25) is 0 Å². The second kappa shape index (κ2) is 14.5. The van der Waals surface area contributed by atoms with Gasteiger partial charge in [-0.05, 0) is 55.5 Å². The number of para-hydroxylation sites is 3. The number of fused-ring (bicyclic) bond motifs is 1. The number of nitrogens with zero attached hydrogens (tertiary/aromatic N) is 4. The zero-order valence-electron chi connectivity index (χ0n) is 28.9. The first kappa shape index (κ1) is 34.4. The lowest BCUT2D eigenvalue weighted by Crippen LogP contribution is -2.58. The van der Waals surface area contributed by atoms with Crippen LogP contribution in [0.5, 0.6) is 11.5 Å². The molecule has 1 fully saturated rings. The largest absolute Gasteiger partial charge is 0.495 e. The molecule has 2 amide bonds. The highest BCUT2D eigenvalue weighted by molar-refractivity contribution is 6.02. The van der Waals surface area contributed by atoms with E-state index in [9.17, 15) is 9.59 Å². The topological polar surface area (TPSA) is 135 Å². The van der Waals surface area contributed by atoms with Crippen LogP contribution in [-0.4, -0.2) is 72.6 Å². The van der Waals surface area contributed by atoms with Crippen LogP contribution in [-0.2, 0) is 9.59 Å². The van der Waals surface area contributed by atoms with Crippen molar-refractivity contribution >= 4 is 45.6 Å². The molecule has 0 saturated carbocycles. The number of anilines is 4. The molecule has 1 aromatic heterocycles. The fraction of sp³-hybridized carbons (Fsp3) is 0.405. The van der Waals surface area contributed by atoms with Crippen molar-refractivity contribution in [2.75, 3.05) is 43.3 Å². The number of nitrogens with one attached hydrogen (secondary N) is 2. The summed E-state index contributed by atoms with van der Waals surface area (Å²) in [4.78, 5) is 41.1. The minimum atomic E-state index is -0.657. The Kier molecular flexibility index (Phi) is 10.4. The molecule has 254 valence electrons. The molecule has 11 nitrogen and oxygen atoms in total. The van der Waals surface area contributed by atoms with Gasteiger partial charge in [0, 0.05) is 42.8 Å². The number of nitrogens with two attached hydrogens (primary N) is 1. The molecule has 2 heterocycles. The Bertz CT molecular complexity index is 1740. The zero-order chi connectivity index (χ0) is 34.6. The smallest absolute Gasteiger partial charge is 0.247 e. The number of methoxy groups -OCH3 is 2. The molecule has 4 N–H and O–H groups in total. The fourth-order valence-electron chi connectivity index (χ4n) is 6.57. The van der Waals surface area contributed by atoms with E-state index in [0.29, 0.717) is 53.3 Å². The summed E-state index contributed by atoms with van der Waals surface area (Å²) in [5.74, 6) is 0.723. The Morgan fingerprint density at radius 3 is 2.35 bits per heavy atom. The molecule has 1 unspecified atom stereocenters. The van der Waals surface area contributed by atoms with Crippen molar-refractivity contribution in [3.63, 3.8) is 0 Å². The van der Waals surface area contributed by atoms with E-state index in [4.69, 9.17) is 15.2 Å². The Balaban J connectivity index is 1.40. The number of likely N-dealkylation sites (tertiary alicyclic amines) is 1. The molecule has 0 bridgehead atoms. The zero-order valence-corrected chi connectivity index (χ0v) is 28.9. The highest BCUT2D eigenvalue weighted by atomic mass is 16.5. The van der Waals surface area contributed by atoms with E-state index in [1.165, 1.54) is 6.33 Å². The molecule has 0 radical (unpaired) electrons. The molecule has 1 saturated heterocycles. The molecule has 1 aliphatic heterocycles. The van der Waals surface area contributed by atoms with Gasteiger partial charge in [-0.15, -0.1) is 0 Å². The lowest BCUT2D eigenvalue weighted by Gasteiger charge is -2.42. The number of aromatic nitrogens is 2. The number of ether oxygens (including phenoxy) is 2. The molecule has 48 heavy (non-hydrogen) atoms. The Hall–Kier alpha value is -4.90. The number of carbonyl (C=O) groups excluding carboxylic acids is 2. The average Bonchev–Trinajstić information content (AvgIpc) is 3.58. The van der Waals surface area contributed by atoms with E-state index in [0.717, 1.165) is 11.4 Å². The standard InChI is InChI=1S/C37H47N7O4/c1-23(43(5)24-14-9-8-10-15-24)33(38)32(37(2,3)4)36(46)44-19-13-17-29(44)35(45)42-28-20-25-27(21-31(28)48-7)39-22-40-34(25)41-26-16-11-12-18-30(26)47-6/h8-12,14-16,18,20-23,29,32-33H,13,17,19,38H2,1-7H3,(H,42,45)(H,39,40,41)/t23-,29-,32-,33?/m0/s1. The van der Waals surface area contributed by atoms with E-state index in [1.807, 2.05) is 89.3 Å². The maximum atomic E-state index is 14.4. The quantitative estimate of drug-likeness (QED) is 0.183. The van der Waals surface area contributed by atoms with E-state index in [-0.39, 0.29) is 17.9 Å². The van der Waals surface area contributed by atoms with Gasteiger partial charge in [-0.1, -0.05) is 51.1 Å². The van der Waals surface area contributed by atoms with Crippen molar-refractivity contribution in [1.82, 2.24) is 14.9 Å². The Morgan fingerprint density at radius 2 is 1.67 bits per heavy atom. The number of hydrogen-bond donors (Lipinski definition) is 3. The molecular weight excluding hydrogens is 606 g/mol. The van der Waals surface area contributed by atoms with Crippen molar-refractivity contribution in [3.8, 4) is 11.5 Å². The number of hydrogen-bond acceptors (Lipinski definition) is 9. The summed E-state index contributed by atoms with van der Waals surface area (Å²) in [6.45, 7) is 8.64. The first-order chi connectivity index (χ1) is 22.9. The van der Waals surface area contributed by atoms with Gasteiger partial charge in [0.05, 0.1) is 37.0 Å². The van der Waals surface area contributed by atoms with Gasteiger partial charge in [0.2, 0.25) is 11.8 Å². The van der Waals surface area contributed by atoms with Crippen LogP contribution in [0.3, 0.4) is 0 Å². The molecule has 4 atom stereocenters. The summed E-state index contributed by atoms with van der Waals surface area (Å²) < 4.78 is 11.2. The van der Waals surface area contributed by atoms with E-state index >= 15 is 0 Å². The Labute approximate surface area is 282 Å². The number of benzene rings is 3. The van der Waals surface area contributed by atoms with Gasteiger partial charge in [-0.3, -0.25) is 9.59 Å². The summed E-state index contributed by atoms with van der Waals surface area (Å²) in [5.41, 5.74) is 9.34. The second-order valence-corrected chi connectivity index (χ2v) is 13.4. The SMILES string of the molecule is COc1cc2ncnc(Nc3ccccc3OC)c2cc1NC(=O)[C@@H]1CCCN1C(=O)[C@H](C(N)[C@H](C)N(C)c1ccccc1)C(C)(C)C. The highest BCUT2D eigenvalue weighted by Gasteiger charge is 2.45. The van der Waals surface area contributed by atoms with Crippen LogP contribution < -0.4 is 30.7 Å².